The minimum absolute atomic E-state index is 0.520. The number of aromatic nitrogens is 5. The highest BCUT2D eigenvalue weighted by Crippen LogP contribution is 2.49. The summed E-state index contributed by atoms with van der Waals surface area (Å²) < 4.78 is 5.39. The molecule has 2 heterocycles. The van der Waals surface area contributed by atoms with Crippen LogP contribution in [0, 0.1) is 17.8 Å². The van der Waals surface area contributed by atoms with Crippen LogP contribution in [0.3, 0.4) is 0 Å². The maximum Gasteiger partial charge on any atom is 0.242 e. The molecule has 3 unspecified atom stereocenters. The van der Waals surface area contributed by atoms with Gasteiger partial charge in [0.1, 0.15) is 5.82 Å². The van der Waals surface area contributed by atoms with Crippen LogP contribution in [-0.4, -0.2) is 25.3 Å². The number of hydrogen-bond acceptors (Lipinski definition) is 5. The highest BCUT2D eigenvalue weighted by Gasteiger charge is 2.39. The molecule has 6 nitrogen and oxygen atoms in total. The van der Waals surface area contributed by atoms with Crippen molar-refractivity contribution in [3.8, 4) is 11.6 Å². The summed E-state index contributed by atoms with van der Waals surface area (Å²) in [6, 6.07) is 0. The number of hydrogen-bond donors (Lipinski definition) is 1. The number of fused-ring (bicyclic) bond motifs is 2. The van der Waals surface area contributed by atoms with Gasteiger partial charge in [-0.25, -0.2) is 4.98 Å². The summed E-state index contributed by atoms with van der Waals surface area (Å²) in [7, 11) is 0. The van der Waals surface area contributed by atoms with Crippen LogP contribution < -0.4 is 0 Å². The fraction of sp³-hybridized carbons (Fsp3) is 0.750. The Morgan fingerprint density at radius 3 is 2.77 bits per heavy atom. The zero-order valence-electron chi connectivity index (χ0n) is 12.7. The van der Waals surface area contributed by atoms with E-state index in [2.05, 4.69) is 25.3 Å². The van der Waals surface area contributed by atoms with E-state index in [0.29, 0.717) is 17.6 Å². The Bertz CT molecular complexity index is 674. The van der Waals surface area contributed by atoms with E-state index < -0.39 is 0 Å². The average Bonchev–Trinajstić information content (AvgIpc) is 2.99. The van der Waals surface area contributed by atoms with Crippen LogP contribution in [0.2, 0.25) is 0 Å². The van der Waals surface area contributed by atoms with Gasteiger partial charge in [0.15, 0.2) is 0 Å². The first-order chi connectivity index (χ1) is 10.8. The van der Waals surface area contributed by atoms with Crippen molar-refractivity contribution < 1.29 is 4.52 Å². The van der Waals surface area contributed by atoms with Crippen molar-refractivity contribution in [2.75, 3.05) is 0 Å². The zero-order chi connectivity index (χ0) is 14.5. The lowest BCUT2D eigenvalue weighted by Crippen LogP contribution is -2.11. The highest BCUT2D eigenvalue weighted by atomic mass is 16.5. The second-order valence-corrected chi connectivity index (χ2v) is 7.30. The molecule has 3 fully saturated rings. The standard InChI is InChI=1S/C16H21N5O/c1-2-11-7-9(1)8-12(11)5-6-13-17-16(21-22-13)15-18-14(19-20-15)10-3-4-10/h9-12H,1-8H2,(H,18,19,20). The van der Waals surface area contributed by atoms with Crippen molar-refractivity contribution in [2.24, 2.45) is 17.8 Å². The minimum Gasteiger partial charge on any atom is -0.339 e. The number of H-pyrrole nitrogens is 1. The van der Waals surface area contributed by atoms with Gasteiger partial charge in [-0.3, -0.25) is 5.10 Å². The summed E-state index contributed by atoms with van der Waals surface area (Å²) in [5.41, 5.74) is 0. The van der Waals surface area contributed by atoms with E-state index in [0.717, 1.165) is 35.9 Å². The van der Waals surface area contributed by atoms with E-state index in [1.807, 2.05) is 0 Å². The Hall–Kier alpha value is -1.72. The van der Waals surface area contributed by atoms with E-state index in [9.17, 15) is 0 Å². The van der Waals surface area contributed by atoms with Crippen LogP contribution >= 0.6 is 0 Å². The molecule has 0 aromatic carbocycles. The monoisotopic (exact) mass is 299 g/mol. The molecule has 6 heteroatoms. The molecule has 0 spiro atoms. The molecular formula is C16H21N5O. The predicted octanol–water partition coefficient (Wildman–Crippen LogP) is 3.10. The van der Waals surface area contributed by atoms with Crippen molar-refractivity contribution in [3.63, 3.8) is 0 Å². The molecule has 3 aliphatic rings. The second-order valence-electron chi connectivity index (χ2n) is 7.30. The molecule has 1 N–H and O–H groups in total. The topological polar surface area (TPSA) is 80.5 Å². The van der Waals surface area contributed by atoms with Crippen molar-refractivity contribution in [3.05, 3.63) is 11.7 Å². The SMILES string of the molecule is C(CC1CC2CCC1C2)c1nc(-c2n[nH]c(C3CC3)n2)no1. The molecule has 5 rings (SSSR count). The van der Waals surface area contributed by atoms with Gasteiger partial charge < -0.3 is 4.52 Å². The number of aryl methyl sites for hydroxylation is 1. The fourth-order valence-corrected chi connectivity index (χ4v) is 4.40. The van der Waals surface area contributed by atoms with Gasteiger partial charge in [0, 0.05) is 12.3 Å². The van der Waals surface area contributed by atoms with Crippen LogP contribution in [-0.2, 0) is 6.42 Å². The van der Waals surface area contributed by atoms with Gasteiger partial charge in [0.2, 0.25) is 17.5 Å². The molecule has 116 valence electrons. The van der Waals surface area contributed by atoms with Gasteiger partial charge in [-0.05, 0) is 56.3 Å². The van der Waals surface area contributed by atoms with E-state index in [1.165, 1.54) is 44.9 Å². The summed E-state index contributed by atoms with van der Waals surface area (Å²) in [6.45, 7) is 0. The highest BCUT2D eigenvalue weighted by molar-refractivity contribution is 5.41. The lowest BCUT2D eigenvalue weighted by molar-refractivity contribution is 0.296. The normalized spacial score (nSPS) is 30.3. The molecule has 0 saturated heterocycles. The summed E-state index contributed by atoms with van der Waals surface area (Å²) >= 11 is 0. The summed E-state index contributed by atoms with van der Waals surface area (Å²) in [5, 5.41) is 11.2. The molecule has 0 amide bonds. The first-order valence-corrected chi connectivity index (χ1v) is 8.60. The van der Waals surface area contributed by atoms with Gasteiger partial charge >= 0.3 is 0 Å². The van der Waals surface area contributed by atoms with Crippen LogP contribution in [0.4, 0.5) is 0 Å². The maximum absolute atomic E-state index is 5.39. The number of nitrogens with zero attached hydrogens (tertiary/aromatic N) is 4. The molecule has 2 aromatic heterocycles. The number of rotatable bonds is 5. The van der Waals surface area contributed by atoms with E-state index >= 15 is 0 Å². The average molecular weight is 299 g/mol. The summed E-state index contributed by atoms with van der Waals surface area (Å²) in [4.78, 5) is 8.95. The van der Waals surface area contributed by atoms with E-state index in [-0.39, 0.29) is 0 Å². The van der Waals surface area contributed by atoms with Crippen LogP contribution in [0.15, 0.2) is 4.52 Å². The minimum atomic E-state index is 0.520. The van der Waals surface area contributed by atoms with Crippen molar-refractivity contribution in [1.29, 1.82) is 0 Å². The van der Waals surface area contributed by atoms with Gasteiger partial charge in [-0.2, -0.15) is 4.98 Å². The second kappa shape index (κ2) is 4.89. The molecule has 3 aliphatic carbocycles. The van der Waals surface area contributed by atoms with E-state index in [4.69, 9.17) is 4.52 Å². The molecule has 0 aliphatic heterocycles. The zero-order valence-corrected chi connectivity index (χ0v) is 12.7. The van der Waals surface area contributed by atoms with Gasteiger partial charge in [0.25, 0.3) is 0 Å². The number of nitrogens with one attached hydrogen (secondary N) is 1. The van der Waals surface area contributed by atoms with Gasteiger partial charge in [0.05, 0.1) is 0 Å². The van der Waals surface area contributed by atoms with Crippen LogP contribution in [0.1, 0.15) is 62.6 Å². The molecular weight excluding hydrogens is 278 g/mol. The quantitative estimate of drug-likeness (QED) is 0.917. The molecule has 3 atom stereocenters. The first kappa shape index (κ1) is 12.8. The van der Waals surface area contributed by atoms with Crippen LogP contribution in [0.25, 0.3) is 11.6 Å². The third kappa shape index (κ3) is 2.25. The largest absolute Gasteiger partial charge is 0.339 e. The Morgan fingerprint density at radius 2 is 2.00 bits per heavy atom. The third-order valence-corrected chi connectivity index (χ3v) is 5.75. The Kier molecular flexibility index (Phi) is 2.85. The lowest BCUT2D eigenvalue weighted by atomic mass is 9.85. The molecule has 0 radical (unpaired) electrons. The summed E-state index contributed by atoms with van der Waals surface area (Å²) in [5.74, 6) is 6.18. The smallest absolute Gasteiger partial charge is 0.242 e. The van der Waals surface area contributed by atoms with Crippen LogP contribution in [0.5, 0.6) is 0 Å². The third-order valence-electron chi connectivity index (χ3n) is 5.75. The maximum atomic E-state index is 5.39. The first-order valence-electron chi connectivity index (χ1n) is 8.60. The Labute approximate surface area is 129 Å². The Balaban J connectivity index is 1.23. The predicted molar refractivity (Wildman–Crippen MR) is 78.9 cm³/mol. The van der Waals surface area contributed by atoms with Crippen molar-refractivity contribution in [2.45, 2.75) is 57.3 Å². The number of aromatic amines is 1. The molecule has 2 bridgehead atoms. The summed E-state index contributed by atoms with van der Waals surface area (Å²) in [6.07, 6.45) is 10.3. The van der Waals surface area contributed by atoms with Crippen molar-refractivity contribution >= 4 is 0 Å². The lowest BCUT2D eigenvalue weighted by Gasteiger charge is -2.20. The molecule has 2 aromatic rings. The van der Waals surface area contributed by atoms with Gasteiger partial charge in [-0.1, -0.05) is 11.6 Å². The Morgan fingerprint density at radius 1 is 1.05 bits per heavy atom. The fourth-order valence-electron chi connectivity index (χ4n) is 4.40. The van der Waals surface area contributed by atoms with Crippen molar-refractivity contribution in [1.82, 2.24) is 25.3 Å². The molecule has 22 heavy (non-hydrogen) atoms. The van der Waals surface area contributed by atoms with E-state index in [1.54, 1.807) is 0 Å². The van der Waals surface area contributed by atoms with Gasteiger partial charge in [-0.15, -0.1) is 5.10 Å². The molecule has 3 saturated carbocycles.